The Bertz CT molecular complexity index is 179. The second-order valence-corrected chi connectivity index (χ2v) is 4.86. The van der Waals surface area contributed by atoms with E-state index in [4.69, 9.17) is 0 Å². The van der Waals surface area contributed by atoms with Crippen LogP contribution >= 0.6 is 0 Å². The van der Waals surface area contributed by atoms with Gasteiger partial charge in [0.15, 0.2) is 0 Å². The van der Waals surface area contributed by atoms with Crippen molar-refractivity contribution in [3.8, 4) is 0 Å². The normalized spacial score (nSPS) is 47.3. The number of fused-ring (bicyclic) bond motifs is 1. The molecule has 1 N–H and O–H groups in total. The van der Waals surface area contributed by atoms with Gasteiger partial charge in [-0.2, -0.15) is 0 Å². The Labute approximate surface area is 81.7 Å². The van der Waals surface area contributed by atoms with Crippen LogP contribution < -0.4 is 5.32 Å². The molecule has 4 atom stereocenters. The molecule has 0 bridgehead atoms. The van der Waals surface area contributed by atoms with E-state index in [0.29, 0.717) is 0 Å². The standard InChI is InChI=1S/C11H22N2/c1-8-7-11-10(5-4-6-12-11)9(2)13(8)3/h8-12H,4-7H2,1-3H3. The van der Waals surface area contributed by atoms with Gasteiger partial charge in [-0.05, 0) is 52.6 Å². The lowest BCUT2D eigenvalue weighted by Crippen LogP contribution is -2.58. The first kappa shape index (κ1) is 9.47. The van der Waals surface area contributed by atoms with Gasteiger partial charge in [-0.15, -0.1) is 0 Å². The minimum absolute atomic E-state index is 0.752. The van der Waals surface area contributed by atoms with Crippen molar-refractivity contribution < 1.29 is 0 Å². The molecule has 0 radical (unpaired) electrons. The number of hydrogen-bond acceptors (Lipinski definition) is 2. The van der Waals surface area contributed by atoms with E-state index in [1.54, 1.807) is 0 Å². The van der Waals surface area contributed by atoms with Crippen molar-refractivity contribution in [2.45, 2.75) is 51.2 Å². The third-order valence-electron chi connectivity index (χ3n) is 4.19. The summed E-state index contributed by atoms with van der Waals surface area (Å²) in [5, 5.41) is 3.68. The Balaban J connectivity index is 2.08. The molecule has 0 aliphatic carbocycles. The molecule has 2 aliphatic rings. The first-order chi connectivity index (χ1) is 6.20. The van der Waals surface area contributed by atoms with Crippen molar-refractivity contribution in [1.82, 2.24) is 10.2 Å². The van der Waals surface area contributed by atoms with Gasteiger partial charge in [-0.3, -0.25) is 0 Å². The first-order valence-corrected chi connectivity index (χ1v) is 5.65. The molecule has 2 heteroatoms. The molecular formula is C11H22N2. The molecule has 0 spiro atoms. The van der Waals surface area contributed by atoms with E-state index in [1.165, 1.54) is 25.8 Å². The fraction of sp³-hybridized carbons (Fsp3) is 1.00. The van der Waals surface area contributed by atoms with Crippen LogP contribution in [0.25, 0.3) is 0 Å². The van der Waals surface area contributed by atoms with Gasteiger partial charge in [0.25, 0.3) is 0 Å². The van der Waals surface area contributed by atoms with Crippen LogP contribution in [-0.2, 0) is 0 Å². The number of piperidine rings is 2. The van der Waals surface area contributed by atoms with E-state index in [1.807, 2.05) is 0 Å². The monoisotopic (exact) mass is 182 g/mol. The van der Waals surface area contributed by atoms with Gasteiger partial charge in [0.1, 0.15) is 0 Å². The van der Waals surface area contributed by atoms with Crippen LogP contribution in [0.4, 0.5) is 0 Å². The highest BCUT2D eigenvalue weighted by Gasteiger charge is 2.38. The number of nitrogens with zero attached hydrogens (tertiary/aromatic N) is 1. The summed E-state index contributed by atoms with van der Waals surface area (Å²) in [5.74, 6) is 0.898. The topological polar surface area (TPSA) is 15.3 Å². The van der Waals surface area contributed by atoms with Crippen molar-refractivity contribution in [3.63, 3.8) is 0 Å². The number of rotatable bonds is 0. The summed E-state index contributed by atoms with van der Waals surface area (Å²) < 4.78 is 0. The molecule has 2 heterocycles. The fourth-order valence-electron chi connectivity index (χ4n) is 3.05. The van der Waals surface area contributed by atoms with Gasteiger partial charge in [0.05, 0.1) is 0 Å². The summed E-state index contributed by atoms with van der Waals surface area (Å²) in [5.41, 5.74) is 0. The minimum Gasteiger partial charge on any atom is -0.314 e. The highest BCUT2D eigenvalue weighted by molar-refractivity contribution is 4.95. The lowest BCUT2D eigenvalue weighted by molar-refractivity contribution is 0.0383. The van der Waals surface area contributed by atoms with E-state index in [2.05, 4.69) is 31.1 Å². The highest BCUT2D eigenvalue weighted by atomic mass is 15.2. The predicted molar refractivity (Wildman–Crippen MR) is 55.8 cm³/mol. The fourth-order valence-corrected chi connectivity index (χ4v) is 3.05. The molecule has 0 saturated carbocycles. The molecule has 2 saturated heterocycles. The largest absolute Gasteiger partial charge is 0.314 e. The maximum atomic E-state index is 3.68. The summed E-state index contributed by atoms with van der Waals surface area (Å²) in [4.78, 5) is 2.55. The van der Waals surface area contributed by atoms with Crippen molar-refractivity contribution in [2.24, 2.45) is 5.92 Å². The number of hydrogen-bond donors (Lipinski definition) is 1. The van der Waals surface area contributed by atoms with Crippen molar-refractivity contribution in [3.05, 3.63) is 0 Å². The molecule has 2 aliphatic heterocycles. The molecule has 2 rings (SSSR count). The quantitative estimate of drug-likeness (QED) is 0.610. The Morgan fingerprint density at radius 2 is 2.08 bits per heavy atom. The van der Waals surface area contributed by atoms with E-state index in [0.717, 1.165) is 24.0 Å². The van der Waals surface area contributed by atoms with Crippen molar-refractivity contribution in [2.75, 3.05) is 13.6 Å². The SMILES string of the molecule is CC1CC2NCCCC2C(C)N1C. The average Bonchev–Trinajstić information content (AvgIpc) is 2.15. The van der Waals surface area contributed by atoms with Gasteiger partial charge in [0.2, 0.25) is 0 Å². The van der Waals surface area contributed by atoms with Crippen LogP contribution in [0.2, 0.25) is 0 Å². The molecule has 2 nitrogen and oxygen atoms in total. The molecule has 0 aromatic rings. The third kappa shape index (κ3) is 1.62. The second kappa shape index (κ2) is 3.58. The minimum atomic E-state index is 0.752. The number of nitrogens with one attached hydrogen (secondary N) is 1. The molecular weight excluding hydrogens is 160 g/mol. The first-order valence-electron chi connectivity index (χ1n) is 5.65. The Morgan fingerprint density at radius 1 is 1.31 bits per heavy atom. The lowest BCUT2D eigenvalue weighted by atomic mass is 9.78. The number of likely N-dealkylation sites (tertiary alicyclic amines) is 1. The summed E-state index contributed by atoms with van der Waals surface area (Å²) in [6.07, 6.45) is 4.13. The Morgan fingerprint density at radius 3 is 2.85 bits per heavy atom. The van der Waals surface area contributed by atoms with Crippen LogP contribution in [-0.4, -0.2) is 36.6 Å². The molecule has 4 unspecified atom stereocenters. The zero-order chi connectivity index (χ0) is 9.42. The summed E-state index contributed by atoms with van der Waals surface area (Å²) in [6.45, 7) is 5.98. The molecule has 76 valence electrons. The van der Waals surface area contributed by atoms with Gasteiger partial charge in [-0.25, -0.2) is 0 Å². The molecule has 0 aromatic heterocycles. The van der Waals surface area contributed by atoms with E-state index in [-0.39, 0.29) is 0 Å². The Kier molecular flexibility index (Phi) is 2.61. The smallest absolute Gasteiger partial charge is 0.0125 e. The Hall–Kier alpha value is -0.0800. The zero-order valence-corrected chi connectivity index (χ0v) is 9.09. The molecule has 13 heavy (non-hydrogen) atoms. The van der Waals surface area contributed by atoms with Crippen LogP contribution in [0.3, 0.4) is 0 Å². The summed E-state index contributed by atoms with van der Waals surface area (Å²) >= 11 is 0. The van der Waals surface area contributed by atoms with Crippen molar-refractivity contribution >= 4 is 0 Å². The summed E-state index contributed by atoms with van der Waals surface area (Å²) in [7, 11) is 2.28. The molecule has 0 amide bonds. The zero-order valence-electron chi connectivity index (χ0n) is 9.09. The maximum absolute atomic E-state index is 3.68. The average molecular weight is 182 g/mol. The molecule has 0 aromatic carbocycles. The lowest BCUT2D eigenvalue weighted by Gasteiger charge is -2.48. The highest BCUT2D eigenvalue weighted by Crippen LogP contribution is 2.32. The molecule has 2 fully saturated rings. The second-order valence-electron chi connectivity index (χ2n) is 4.86. The van der Waals surface area contributed by atoms with Crippen LogP contribution in [0.1, 0.15) is 33.1 Å². The van der Waals surface area contributed by atoms with E-state index < -0.39 is 0 Å². The van der Waals surface area contributed by atoms with Crippen LogP contribution in [0.15, 0.2) is 0 Å². The van der Waals surface area contributed by atoms with Crippen molar-refractivity contribution in [1.29, 1.82) is 0 Å². The van der Waals surface area contributed by atoms with Gasteiger partial charge < -0.3 is 10.2 Å². The summed E-state index contributed by atoms with van der Waals surface area (Å²) in [6, 6.07) is 2.32. The van der Waals surface area contributed by atoms with Crippen LogP contribution in [0, 0.1) is 5.92 Å². The predicted octanol–water partition coefficient (Wildman–Crippen LogP) is 1.47. The van der Waals surface area contributed by atoms with E-state index in [9.17, 15) is 0 Å². The maximum Gasteiger partial charge on any atom is 0.0125 e. The van der Waals surface area contributed by atoms with E-state index >= 15 is 0 Å². The third-order valence-corrected chi connectivity index (χ3v) is 4.19. The van der Waals surface area contributed by atoms with Gasteiger partial charge in [0, 0.05) is 18.1 Å². The van der Waals surface area contributed by atoms with Gasteiger partial charge in [-0.1, -0.05) is 0 Å². The van der Waals surface area contributed by atoms with Crippen LogP contribution in [0.5, 0.6) is 0 Å². The van der Waals surface area contributed by atoms with Gasteiger partial charge >= 0.3 is 0 Å².